The van der Waals surface area contributed by atoms with Crippen molar-refractivity contribution in [3.63, 3.8) is 0 Å². The molecule has 0 atom stereocenters. The number of carbonyl (C=O) groups excluding carboxylic acids is 3. The third kappa shape index (κ3) is 5.61. The number of hydrogen-bond donors (Lipinski definition) is 2. The van der Waals surface area contributed by atoms with Crippen LogP contribution in [0.3, 0.4) is 0 Å². The monoisotopic (exact) mass is 400 g/mol. The van der Waals surface area contributed by atoms with Crippen molar-refractivity contribution < 1.29 is 33.3 Å². The zero-order valence-electron chi connectivity index (χ0n) is 15.7. The molecule has 0 unspecified atom stereocenters. The van der Waals surface area contributed by atoms with Gasteiger partial charge in [0.25, 0.3) is 11.8 Å². The van der Waals surface area contributed by atoms with Gasteiger partial charge in [-0.25, -0.2) is 0 Å². The Labute approximate surface area is 166 Å². The average molecular weight is 400 g/mol. The Kier molecular flexibility index (Phi) is 6.51. The number of carbonyl (C=O) groups is 3. The molecule has 2 aromatic carbocycles. The Bertz CT molecular complexity index is 896. The molecule has 1 aliphatic heterocycles. The first-order valence-corrected chi connectivity index (χ1v) is 8.82. The number of amides is 2. The van der Waals surface area contributed by atoms with E-state index >= 15 is 0 Å². The summed E-state index contributed by atoms with van der Waals surface area (Å²) in [7, 11) is 1.52. The largest absolute Gasteiger partial charge is 0.497 e. The molecule has 2 N–H and O–H groups in total. The van der Waals surface area contributed by atoms with Gasteiger partial charge in [0.2, 0.25) is 0 Å². The van der Waals surface area contributed by atoms with Crippen LogP contribution in [0.2, 0.25) is 0 Å². The molecule has 2 amide bonds. The summed E-state index contributed by atoms with van der Waals surface area (Å²) in [6.07, 6.45) is 0. The maximum Gasteiger partial charge on any atom is 0.325 e. The maximum absolute atomic E-state index is 12.0. The Morgan fingerprint density at radius 2 is 1.72 bits per heavy atom. The molecule has 152 valence electrons. The third-order valence-electron chi connectivity index (χ3n) is 3.94. The average Bonchev–Trinajstić information content (AvgIpc) is 2.76. The Morgan fingerprint density at radius 3 is 2.45 bits per heavy atom. The molecular formula is C20H20N2O7. The van der Waals surface area contributed by atoms with E-state index in [4.69, 9.17) is 18.9 Å². The summed E-state index contributed by atoms with van der Waals surface area (Å²) in [5.41, 5.74) is 0.859. The van der Waals surface area contributed by atoms with Crippen LogP contribution in [0.25, 0.3) is 0 Å². The van der Waals surface area contributed by atoms with Gasteiger partial charge in [-0.3, -0.25) is 14.4 Å². The first-order chi connectivity index (χ1) is 14.0. The van der Waals surface area contributed by atoms with Gasteiger partial charge in [-0.15, -0.1) is 0 Å². The van der Waals surface area contributed by atoms with E-state index in [0.717, 1.165) is 0 Å². The van der Waals surface area contributed by atoms with Crippen LogP contribution >= 0.6 is 0 Å². The number of fused-ring (bicyclic) bond motifs is 1. The van der Waals surface area contributed by atoms with E-state index in [0.29, 0.717) is 41.7 Å². The number of anilines is 1. The van der Waals surface area contributed by atoms with Crippen LogP contribution < -0.4 is 24.8 Å². The lowest BCUT2D eigenvalue weighted by atomic mass is 10.2. The summed E-state index contributed by atoms with van der Waals surface area (Å²) in [6, 6.07) is 11.4. The highest BCUT2D eigenvalue weighted by Crippen LogP contribution is 2.32. The van der Waals surface area contributed by atoms with Gasteiger partial charge in [0.1, 0.15) is 25.5 Å². The summed E-state index contributed by atoms with van der Waals surface area (Å²) >= 11 is 0. The number of hydrogen-bond acceptors (Lipinski definition) is 7. The number of esters is 1. The first-order valence-electron chi connectivity index (χ1n) is 8.82. The van der Waals surface area contributed by atoms with Gasteiger partial charge in [0, 0.05) is 17.3 Å². The van der Waals surface area contributed by atoms with E-state index in [-0.39, 0.29) is 6.54 Å². The fraction of sp³-hybridized carbons (Fsp3) is 0.250. The normalized spacial score (nSPS) is 11.9. The number of ether oxygens (including phenoxy) is 4. The second-order valence-corrected chi connectivity index (χ2v) is 5.98. The molecule has 3 rings (SSSR count). The van der Waals surface area contributed by atoms with Gasteiger partial charge in [0.15, 0.2) is 18.1 Å². The summed E-state index contributed by atoms with van der Waals surface area (Å²) in [5.74, 6) is 0.0663. The molecule has 0 spiro atoms. The molecule has 0 aliphatic carbocycles. The van der Waals surface area contributed by atoms with Gasteiger partial charge in [-0.1, -0.05) is 0 Å². The van der Waals surface area contributed by atoms with Gasteiger partial charge < -0.3 is 29.6 Å². The Morgan fingerprint density at radius 1 is 1.00 bits per heavy atom. The lowest BCUT2D eigenvalue weighted by Gasteiger charge is -2.19. The standard InChI is InChI=1S/C20H20N2O7/c1-26-15-5-2-13(3-6-15)20(25)21-11-19(24)29-12-18(23)22-14-4-7-16-17(10-14)28-9-8-27-16/h2-7,10H,8-9,11-12H2,1H3,(H,21,25)(H,22,23). The fourth-order valence-electron chi connectivity index (χ4n) is 2.51. The van der Waals surface area contributed by atoms with Gasteiger partial charge in [0.05, 0.1) is 7.11 Å². The molecule has 0 aromatic heterocycles. The van der Waals surface area contributed by atoms with Crippen LogP contribution in [-0.2, 0) is 14.3 Å². The molecule has 9 nitrogen and oxygen atoms in total. The predicted octanol–water partition coefficient (Wildman–Crippen LogP) is 1.38. The zero-order valence-corrected chi connectivity index (χ0v) is 15.7. The second-order valence-electron chi connectivity index (χ2n) is 5.98. The molecule has 9 heteroatoms. The minimum Gasteiger partial charge on any atom is -0.497 e. The van der Waals surface area contributed by atoms with Crippen molar-refractivity contribution in [3.05, 3.63) is 48.0 Å². The summed E-state index contributed by atoms with van der Waals surface area (Å²) in [5, 5.41) is 5.03. The van der Waals surface area contributed by atoms with Crippen molar-refractivity contribution in [3.8, 4) is 17.2 Å². The van der Waals surface area contributed by atoms with Crippen molar-refractivity contribution >= 4 is 23.5 Å². The summed E-state index contributed by atoms with van der Waals surface area (Å²) < 4.78 is 20.7. The summed E-state index contributed by atoms with van der Waals surface area (Å²) in [6.45, 7) is 0.0712. The van der Waals surface area contributed by atoms with Crippen LogP contribution in [0.1, 0.15) is 10.4 Å². The van der Waals surface area contributed by atoms with Gasteiger partial charge in [-0.05, 0) is 36.4 Å². The molecule has 29 heavy (non-hydrogen) atoms. The number of nitrogens with one attached hydrogen (secondary N) is 2. The van der Waals surface area contributed by atoms with E-state index in [9.17, 15) is 14.4 Å². The minimum absolute atomic E-state index is 0.359. The molecule has 1 aliphatic rings. The molecule has 0 radical (unpaired) electrons. The maximum atomic E-state index is 12.0. The van der Waals surface area contributed by atoms with Crippen LogP contribution in [0.15, 0.2) is 42.5 Å². The molecule has 2 aromatic rings. The minimum atomic E-state index is -0.732. The van der Waals surface area contributed by atoms with Crippen molar-refractivity contribution in [1.29, 1.82) is 0 Å². The van der Waals surface area contributed by atoms with Crippen LogP contribution in [0.5, 0.6) is 17.2 Å². The van der Waals surface area contributed by atoms with E-state index in [2.05, 4.69) is 10.6 Å². The topological polar surface area (TPSA) is 112 Å². The number of rotatable bonds is 7. The predicted molar refractivity (Wildman–Crippen MR) is 102 cm³/mol. The highest BCUT2D eigenvalue weighted by atomic mass is 16.6. The SMILES string of the molecule is COc1ccc(C(=O)NCC(=O)OCC(=O)Nc2ccc3c(c2)OCCO3)cc1. The van der Waals surface area contributed by atoms with Crippen LogP contribution in [0, 0.1) is 0 Å². The molecule has 0 saturated heterocycles. The van der Waals surface area contributed by atoms with E-state index in [1.165, 1.54) is 7.11 Å². The highest BCUT2D eigenvalue weighted by Gasteiger charge is 2.14. The fourth-order valence-corrected chi connectivity index (χ4v) is 2.51. The number of benzene rings is 2. The van der Waals surface area contributed by atoms with Gasteiger partial charge in [-0.2, -0.15) is 0 Å². The van der Waals surface area contributed by atoms with Crippen molar-refractivity contribution in [2.75, 3.05) is 38.8 Å². The van der Waals surface area contributed by atoms with E-state index in [1.807, 2.05) is 0 Å². The smallest absolute Gasteiger partial charge is 0.325 e. The first kappa shape index (κ1) is 20.0. The van der Waals surface area contributed by atoms with E-state index in [1.54, 1.807) is 42.5 Å². The van der Waals surface area contributed by atoms with Gasteiger partial charge >= 0.3 is 5.97 Å². The molecule has 1 heterocycles. The van der Waals surface area contributed by atoms with Crippen LogP contribution in [-0.4, -0.2) is 51.3 Å². The lowest BCUT2D eigenvalue weighted by Crippen LogP contribution is -2.32. The van der Waals surface area contributed by atoms with E-state index < -0.39 is 24.4 Å². The molecule has 0 saturated carbocycles. The quantitative estimate of drug-likeness (QED) is 0.675. The Hall–Kier alpha value is -3.75. The van der Waals surface area contributed by atoms with Crippen molar-refractivity contribution in [1.82, 2.24) is 5.32 Å². The zero-order chi connectivity index (χ0) is 20.6. The highest BCUT2D eigenvalue weighted by molar-refractivity contribution is 5.96. The number of methoxy groups -OCH3 is 1. The Balaban J connectivity index is 1.40. The lowest BCUT2D eigenvalue weighted by molar-refractivity contribution is -0.146. The molecule has 0 bridgehead atoms. The van der Waals surface area contributed by atoms with Crippen molar-refractivity contribution in [2.45, 2.75) is 0 Å². The van der Waals surface area contributed by atoms with Crippen molar-refractivity contribution in [2.24, 2.45) is 0 Å². The summed E-state index contributed by atoms with van der Waals surface area (Å²) in [4.78, 5) is 35.7. The third-order valence-corrected chi connectivity index (χ3v) is 3.94. The molecular weight excluding hydrogens is 380 g/mol. The second kappa shape index (κ2) is 9.45. The van der Waals surface area contributed by atoms with Crippen LogP contribution in [0.4, 0.5) is 5.69 Å². The molecule has 0 fully saturated rings.